The molecule has 1 unspecified atom stereocenters. The molecule has 2 heterocycles. The predicted molar refractivity (Wildman–Crippen MR) is 93.7 cm³/mol. The molecule has 1 aromatic carbocycles. The molecule has 1 atom stereocenters. The third-order valence-electron chi connectivity index (χ3n) is 4.20. The van der Waals surface area contributed by atoms with E-state index in [0.717, 1.165) is 18.9 Å². The van der Waals surface area contributed by atoms with Crippen molar-refractivity contribution in [1.29, 1.82) is 0 Å². The summed E-state index contributed by atoms with van der Waals surface area (Å²) in [5.41, 5.74) is 1.09. The zero-order valence-electron chi connectivity index (χ0n) is 14.0. The topological polar surface area (TPSA) is 67.3 Å². The monoisotopic (exact) mass is 326 g/mol. The Morgan fingerprint density at radius 2 is 2.17 bits per heavy atom. The molecule has 0 spiro atoms. The third-order valence-corrected chi connectivity index (χ3v) is 4.20. The molecule has 0 aliphatic carbocycles. The van der Waals surface area contributed by atoms with Crippen LogP contribution in [0.1, 0.15) is 30.1 Å². The zero-order chi connectivity index (χ0) is 16.9. The number of piperidine rings is 1. The van der Waals surface area contributed by atoms with Gasteiger partial charge in [0.25, 0.3) is 0 Å². The van der Waals surface area contributed by atoms with E-state index in [1.165, 1.54) is 20.0 Å². The van der Waals surface area contributed by atoms with Crippen LogP contribution in [0.3, 0.4) is 0 Å². The van der Waals surface area contributed by atoms with Crippen LogP contribution in [0.15, 0.2) is 36.5 Å². The maximum atomic E-state index is 11.9. The molecule has 6 heteroatoms. The molecule has 1 N–H and O–H groups in total. The van der Waals surface area contributed by atoms with Crippen molar-refractivity contribution in [3.05, 3.63) is 42.1 Å². The van der Waals surface area contributed by atoms with Gasteiger partial charge in [-0.3, -0.25) is 0 Å². The highest BCUT2D eigenvalue weighted by atomic mass is 16.5. The van der Waals surface area contributed by atoms with Crippen molar-refractivity contribution < 1.29 is 9.53 Å². The molecule has 0 bridgehead atoms. The van der Waals surface area contributed by atoms with E-state index in [2.05, 4.69) is 27.1 Å². The number of anilines is 3. The van der Waals surface area contributed by atoms with Gasteiger partial charge in [-0.15, -0.1) is 0 Å². The summed E-state index contributed by atoms with van der Waals surface area (Å²) in [7, 11) is 1.37. The first kappa shape index (κ1) is 16.2. The van der Waals surface area contributed by atoms with Crippen LogP contribution in [0.4, 0.5) is 17.5 Å². The number of rotatable bonds is 4. The first-order valence-corrected chi connectivity index (χ1v) is 8.19. The largest absolute Gasteiger partial charge is 0.465 e. The molecular weight excluding hydrogens is 304 g/mol. The number of carbonyl (C=O) groups excluding carboxylic acids is 1. The van der Waals surface area contributed by atoms with E-state index in [1.807, 2.05) is 18.2 Å². The fraction of sp³-hybridized carbons (Fsp3) is 0.389. The Bertz CT molecular complexity index is 720. The second-order valence-electron chi connectivity index (χ2n) is 6.09. The molecule has 24 heavy (non-hydrogen) atoms. The minimum absolute atomic E-state index is 0.390. The Kier molecular flexibility index (Phi) is 4.93. The minimum Gasteiger partial charge on any atom is -0.465 e. The highest BCUT2D eigenvalue weighted by Gasteiger charge is 2.18. The van der Waals surface area contributed by atoms with Crippen molar-refractivity contribution in [2.75, 3.05) is 30.4 Å². The zero-order valence-corrected chi connectivity index (χ0v) is 14.0. The fourth-order valence-corrected chi connectivity index (χ4v) is 2.98. The number of para-hydroxylation sites is 1. The van der Waals surface area contributed by atoms with Gasteiger partial charge in [-0.05, 0) is 37.0 Å². The van der Waals surface area contributed by atoms with Crippen LogP contribution in [-0.4, -0.2) is 36.1 Å². The summed E-state index contributed by atoms with van der Waals surface area (Å²) in [6, 6.07) is 9.10. The molecule has 1 fully saturated rings. The summed E-state index contributed by atoms with van der Waals surface area (Å²) in [6.07, 6.45) is 4.18. The lowest BCUT2D eigenvalue weighted by Gasteiger charge is -2.31. The molecule has 1 aliphatic rings. The minimum atomic E-state index is -0.390. The van der Waals surface area contributed by atoms with Crippen LogP contribution in [-0.2, 0) is 4.74 Å². The van der Waals surface area contributed by atoms with Gasteiger partial charge in [-0.25, -0.2) is 9.78 Å². The van der Waals surface area contributed by atoms with Crippen LogP contribution < -0.4 is 10.2 Å². The number of benzene rings is 1. The van der Waals surface area contributed by atoms with Gasteiger partial charge in [-0.2, -0.15) is 4.98 Å². The second-order valence-corrected chi connectivity index (χ2v) is 6.09. The maximum Gasteiger partial charge on any atom is 0.339 e. The van der Waals surface area contributed by atoms with Gasteiger partial charge in [0.15, 0.2) is 0 Å². The number of hydrogen-bond donors (Lipinski definition) is 1. The van der Waals surface area contributed by atoms with Crippen LogP contribution >= 0.6 is 0 Å². The molecule has 3 rings (SSSR count). The Morgan fingerprint density at radius 3 is 2.96 bits per heavy atom. The van der Waals surface area contributed by atoms with Gasteiger partial charge in [0.05, 0.1) is 18.4 Å². The average Bonchev–Trinajstić information content (AvgIpc) is 2.62. The van der Waals surface area contributed by atoms with E-state index in [0.29, 0.717) is 23.1 Å². The number of ether oxygens (including phenoxy) is 1. The van der Waals surface area contributed by atoms with E-state index in [1.54, 1.807) is 18.3 Å². The maximum absolute atomic E-state index is 11.9. The number of esters is 1. The summed E-state index contributed by atoms with van der Waals surface area (Å²) in [5.74, 6) is 1.67. The third kappa shape index (κ3) is 3.64. The highest BCUT2D eigenvalue weighted by Crippen LogP contribution is 2.24. The first-order chi connectivity index (χ1) is 11.7. The summed E-state index contributed by atoms with van der Waals surface area (Å²) < 4.78 is 4.82. The lowest BCUT2D eigenvalue weighted by Crippen LogP contribution is -2.34. The van der Waals surface area contributed by atoms with Crippen molar-refractivity contribution in [1.82, 2.24) is 9.97 Å². The molecule has 0 radical (unpaired) electrons. The molecule has 1 saturated heterocycles. The molecule has 1 aliphatic heterocycles. The lowest BCUT2D eigenvalue weighted by molar-refractivity contribution is 0.0602. The Balaban J connectivity index is 1.82. The van der Waals surface area contributed by atoms with Crippen molar-refractivity contribution in [3.63, 3.8) is 0 Å². The number of carbonyl (C=O) groups is 1. The van der Waals surface area contributed by atoms with Crippen LogP contribution in [0.5, 0.6) is 0 Å². The molecule has 126 valence electrons. The van der Waals surface area contributed by atoms with Crippen LogP contribution in [0, 0.1) is 5.92 Å². The quantitative estimate of drug-likeness (QED) is 0.870. The molecule has 0 amide bonds. The van der Waals surface area contributed by atoms with Gasteiger partial charge >= 0.3 is 5.97 Å². The van der Waals surface area contributed by atoms with Crippen molar-refractivity contribution in [2.45, 2.75) is 19.8 Å². The van der Waals surface area contributed by atoms with E-state index in [9.17, 15) is 4.79 Å². The predicted octanol–water partition coefficient (Wildman–Crippen LogP) is 3.24. The SMILES string of the molecule is COC(=O)c1ccccc1Nc1nccc(N2CCCC(C)C2)n1. The van der Waals surface area contributed by atoms with Gasteiger partial charge in [-0.1, -0.05) is 19.1 Å². The number of hydrogen-bond acceptors (Lipinski definition) is 6. The first-order valence-electron chi connectivity index (χ1n) is 8.19. The Labute approximate surface area is 141 Å². The van der Waals surface area contributed by atoms with Crippen molar-refractivity contribution >= 4 is 23.4 Å². The molecule has 1 aromatic heterocycles. The molecule has 0 saturated carbocycles. The van der Waals surface area contributed by atoms with E-state index >= 15 is 0 Å². The van der Waals surface area contributed by atoms with Gasteiger partial charge in [0, 0.05) is 19.3 Å². The summed E-state index contributed by atoms with van der Waals surface area (Å²) in [4.78, 5) is 23.0. The normalized spacial score (nSPS) is 17.4. The lowest BCUT2D eigenvalue weighted by atomic mass is 10.0. The number of aromatic nitrogens is 2. The summed E-state index contributed by atoms with van der Waals surface area (Å²) >= 11 is 0. The molecule has 6 nitrogen and oxygen atoms in total. The average molecular weight is 326 g/mol. The second kappa shape index (κ2) is 7.29. The smallest absolute Gasteiger partial charge is 0.339 e. The number of methoxy groups -OCH3 is 1. The van der Waals surface area contributed by atoms with Crippen LogP contribution in [0.25, 0.3) is 0 Å². The van der Waals surface area contributed by atoms with Crippen molar-refractivity contribution in [2.24, 2.45) is 5.92 Å². The van der Waals surface area contributed by atoms with E-state index in [-0.39, 0.29) is 5.97 Å². The Hall–Kier alpha value is -2.63. The van der Waals surface area contributed by atoms with Crippen molar-refractivity contribution in [3.8, 4) is 0 Å². The number of nitrogens with one attached hydrogen (secondary N) is 1. The van der Waals surface area contributed by atoms with Gasteiger partial charge < -0.3 is 15.0 Å². The summed E-state index contributed by atoms with van der Waals surface area (Å²) in [5, 5.41) is 3.13. The standard InChI is InChI=1S/C18H22N4O2/c1-13-6-5-11-22(12-13)16-9-10-19-18(21-16)20-15-8-4-3-7-14(15)17(23)24-2/h3-4,7-10,13H,5-6,11-12H2,1-2H3,(H,19,20,21). The molecule has 2 aromatic rings. The molecular formula is C18H22N4O2. The van der Waals surface area contributed by atoms with Crippen LogP contribution in [0.2, 0.25) is 0 Å². The van der Waals surface area contributed by atoms with E-state index in [4.69, 9.17) is 4.74 Å². The number of nitrogens with zero attached hydrogens (tertiary/aromatic N) is 3. The Morgan fingerprint density at radius 1 is 1.33 bits per heavy atom. The summed E-state index contributed by atoms with van der Waals surface area (Å²) in [6.45, 7) is 4.29. The van der Waals surface area contributed by atoms with Gasteiger partial charge in [0.1, 0.15) is 5.82 Å². The fourth-order valence-electron chi connectivity index (χ4n) is 2.98. The van der Waals surface area contributed by atoms with E-state index < -0.39 is 0 Å². The highest BCUT2D eigenvalue weighted by molar-refractivity contribution is 5.96. The van der Waals surface area contributed by atoms with Gasteiger partial charge in [0.2, 0.25) is 5.95 Å².